The number of pyridine rings is 2. The lowest BCUT2D eigenvalue weighted by molar-refractivity contribution is 0.601. The molecule has 3 aromatic rings. The average molecular weight is 277 g/mol. The topological polar surface area (TPSA) is 37.8 Å². The summed E-state index contributed by atoms with van der Waals surface area (Å²) in [5.74, 6) is 0. The van der Waals surface area contributed by atoms with Crippen molar-refractivity contribution >= 4 is 10.9 Å². The molecule has 1 unspecified atom stereocenters. The molecular formula is C18H19N3. The molecule has 2 aromatic heterocycles. The second-order valence-corrected chi connectivity index (χ2v) is 5.09. The molecule has 106 valence electrons. The summed E-state index contributed by atoms with van der Waals surface area (Å²) in [4.78, 5) is 8.58. The summed E-state index contributed by atoms with van der Waals surface area (Å²) in [6.45, 7) is 3.16. The van der Waals surface area contributed by atoms with Crippen molar-refractivity contribution in [3.63, 3.8) is 0 Å². The van der Waals surface area contributed by atoms with Gasteiger partial charge in [-0.05, 0) is 48.4 Å². The van der Waals surface area contributed by atoms with Crippen LogP contribution in [0, 0.1) is 0 Å². The van der Waals surface area contributed by atoms with Gasteiger partial charge in [0.1, 0.15) is 0 Å². The fourth-order valence-electron chi connectivity index (χ4n) is 2.63. The van der Waals surface area contributed by atoms with E-state index in [2.05, 4.69) is 58.6 Å². The summed E-state index contributed by atoms with van der Waals surface area (Å²) < 4.78 is 0. The Morgan fingerprint density at radius 3 is 2.67 bits per heavy atom. The van der Waals surface area contributed by atoms with Gasteiger partial charge in [-0.3, -0.25) is 9.97 Å². The molecule has 0 radical (unpaired) electrons. The Morgan fingerprint density at radius 1 is 1.00 bits per heavy atom. The predicted molar refractivity (Wildman–Crippen MR) is 86.1 cm³/mol. The maximum atomic E-state index is 4.46. The lowest BCUT2D eigenvalue weighted by Gasteiger charge is -2.21. The van der Waals surface area contributed by atoms with Crippen molar-refractivity contribution in [2.24, 2.45) is 0 Å². The van der Waals surface area contributed by atoms with Gasteiger partial charge in [0.15, 0.2) is 0 Å². The second-order valence-electron chi connectivity index (χ2n) is 5.09. The first-order valence-electron chi connectivity index (χ1n) is 7.37. The molecule has 0 bridgehead atoms. The fraction of sp³-hybridized carbons (Fsp3) is 0.222. The summed E-state index contributed by atoms with van der Waals surface area (Å²) in [7, 11) is 0. The van der Waals surface area contributed by atoms with Gasteiger partial charge in [0.05, 0.1) is 11.6 Å². The number of aromatic nitrogens is 2. The molecule has 0 aliphatic carbocycles. The normalized spacial score (nSPS) is 12.4. The summed E-state index contributed by atoms with van der Waals surface area (Å²) in [5, 5.41) is 4.84. The van der Waals surface area contributed by atoms with Crippen molar-refractivity contribution in [2.45, 2.75) is 19.4 Å². The quantitative estimate of drug-likeness (QED) is 0.772. The number of nitrogens with one attached hydrogen (secondary N) is 1. The number of benzene rings is 1. The van der Waals surface area contributed by atoms with Gasteiger partial charge < -0.3 is 5.32 Å². The minimum atomic E-state index is 0.167. The highest BCUT2D eigenvalue weighted by Gasteiger charge is 2.15. The molecule has 2 heterocycles. The molecule has 1 aromatic carbocycles. The van der Waals surface area contributed by atoms with Crippen LogP contribution in [0.4, 0.5) is 0 Å². The van der Waals surface area contributed by atoms with Crippen LogP contribution in [0.1, 0.15) is 30.5 Å². The van der Waals surface area contributed by atoms with Gasteiger partial charge in [-0.2, -0.15) is 0 Å². The van der Waals surface area contributed by atoms with E-state index in [1.165, 1.54) is 16.5 Å². The van der Waals surface area contributed by atoms with Crippen LogP contribution in [-0.2, 0) is 0 Å². The molecule has 0 saturated heterocycles. The van der Waals surface area contributed by atoms with Crippen LogP contribution >= 0.6 is 0 Å². The van der Waals surface area contributed by atoms with E-state index in [9.17, 15) is 0 Å². The first-order chi connectivity index (χ1) is 10.4. The SMILES string of the molecule is CCCNC(c1ccncc1)c1cccc2ncccc12. The Morgan fingerprint density at radius 2 is 1.86 bits per heavy atom. The molecule has 0 saturated carbocycles. The number of nitrogens with zero attached hydrogens (tertiary/aromatic N) is 2. The molecule has 3 rings (SSSR count). The van der Waals surface area contributed by atoms with Crippen LogP contribution in [0.15, 0.2) is 61.1 Å². The molecule has 0 fully saturated rings. The molecule has 0 aliphatic heterocycles. The van der Waals surface area contributed by atoms with E-state index in [0.717, 1.165) is 18.5 Å². The molecule has 3 heteroatoms. The van der Waals surface area contributed by atoms with Crippen molar-refractivity contribution in [1.29, 1.82) is 0 Å². The van der Waals surface area contributed by atoms with Crippen molar-refractivity contribution in [3.05, 3.63) is 72.2 Å². The molecule has 3 nitrogen and oxygen atoms in total. The van der Waals surface area contributed by atoms with Crippen LogP contribution in [-0.4, -0.2) is 16.5 Å². The average Bonchev–Trinajstić information content (AvgIpc) is 2.56. The Labute approximate surface area is 125 Å². The van der Waals surface area contributed by atoms with Crippen molar-refractivity contribution < 1.29 is 0 Å². The molecule has 1 N–H and O–H groups in total. The summed E-state index contributed by atoms with van der Waals surface area (Å²) in [5.41, 5.74) is 3.53. The zero-order valence-electron chi connectivity index (χ0n) is 12.2. The van der Waals surface area contributed by atoms with Gasteiger partial charge >= 0.3 is 0 Å². The molecule has 0 spiro atoms. The van der Waals surface area contributed by atoms with Gasteiger partial charge in [-0.25, -0.2) is 0 Å². The van der Waals surface area contributed by atoms with Crippen molar-refractivity contribution in [2.75, 3.05) is 6.54 Å². The van der Waals surface area contributed by atoms with Crippen LogP contribution in [0.3, 0.4) is 0 Å². The van der Waals surface area contributed by atoms with Gasteiger partial charge in [0, 0.05) is 24.0 Å². The van der Waals surface area contributed by atoms with E-state index in [1.807, 2.05) is 24.7 Å². The smallest absolute Gasteiger partial charge is 0.0705 e. The maximum Gasteiger partial charge on any atom is 0.0705 e. The maximum absolute atomic E-state index is 4.46. The first-order valence-corrected chi connectivity index (χ1v) is 7.37. The fourth-order valence-corrected chi connectivity index (χ4v) is 2.63. The Hall–Kier alpha value is -2.26. The third-order valence-corrected chi connectivity index (χ3v) is 3.63. The Bertz CT molecular complexity index is 704. The third-order valence-electron chi connectivity index (χ3n) is 3.63. The molecule has 21 heavy (non-hydrogen) atoms. The number of rotatable bonds is 5. The van der Waals surface area contributed by atoms with E-state index in [0.29, 0.717) is 0 Å². The predicted octanol–water partition coefficient (Wildman–Crippen LogP) is 3.72. The Balaban J connectivity index is 2.10. The summed E-state index contributed by atoms with van der Waals surface area (Å²) >= 11 is 0. The van der Waals surface area contributed by atoms with E-state index >= 15 is 0 Å². The highest BCUT2D eigenvalue weighted by atomic mass is 14.9. The van der Waals surface area contributed by atoms with Crippen LogP contribution in [0.2, 0.25) is 0 Å². The second kappa shape index (κ2) is 6.46. The summed E-state index contributed by atoms with van der Waals surface area (Å²) in [6, 6.07) is 14.8. The van der Waals surface area contributed by atoms with Gasteiger partial charge in [-0.15, -0.1) is 0 Å². The van der Waals surface area contributed by atoms with Crippen LogP contribution < -0.4 is 5.32 Å². The molecule has 1 atom stereocenters. The van der Waals surface area contributed by atoms with Crippen molar-refractivity contribution in [1.82, 2.24) is 15.3 Å². The van der Waals surface area contributed by atoms with Gasteiger partial charge in [-0.1, -0.05) is 25.1 Å². The number of hydrogen-bond acceptors (Lipinski definition) is 3. The minimum absolute atomic E-state index is 0.167. The zero-order chi connectivity index (χ0) is 14.5. The van der Waals surface area contributed by atoms with E-state index in [4.69, 9.17) is 0 Å². The van der Waals surface area contributed by atoms with E-state index in [1.54, 1.807) is 0 Å². The van der Waals surface area contributed by atoms with Gasteiger partial charge in [0.2, 0.25) is 0 Å². The number of fused-ring (bicyclic) bond motifs is 1. The highest BCUT2D eigenvalue weighted by Crippen LogP contribution is 2.27. The van der Waals surface area contributed by atoms with Gasteiger partial charge in [0.25, 0.3) is 0 Å². The monoisotopic (exact) mass is 277 g/mol. The van der Waals surface area contributed by atoms with E-state index in [-0.39, 0.29) is 6.04 Å². The third kappa shape index (κ3) is 2.93. The largest absolute Gasteiger partial charge is 0.306 e. The first kappa shape index (κ1) is 13.7. The highest BCUT2D eigenvalue weighted by molar-refractivity contribution is 5.82. The van der Waals surface area contributed by atoms with E-state index < -0.39 is 0 Å². The summed E-state index contributed by atoms with van der Waals surface area (Å²) in [6.07, 6.45) is 6.64. The lowest BCUT2D eigenvalue weighted by atomic mass is 9.95. The minimum Gasteiger partial charge on any atom is -0.306 e. The standard InChI is InChI=1S/C18H19N3/c1-2-10-21-18(14-8-12-19-13-9-14)16-5-3-7-17-15(16)6-4-11-20-17/h3-9,11-13,18,21H,2,10H2,1H3. The number of hydrogen-bond donors (Lipinski definition) is 1. The van der Waals surface area contributed by atoms with Crippen molar-refractivity contribution in [3.8, 4) is 0 Å². The zero-order valence-corrected chi connectivity index (χ0v) is 12.2. The van der Waals surface area contributed by atoms with Crippen LogP contribution in [0.5, 0.6) is 0 Å². The van der Waals surface area contributed by atoms with Crippen LogP contribution in [0.25, 0.3) is 10.9 Å². The lowest BCUT2D eigenvalue weighted by Crippen LogP contribution is -2.23. The molecular weight excluding hydrogens is 258 g/mol. The molecule has 0 aliphatic rings. The Kier molecular flexibility index (Phi) is 4.22. The molecule has 0 amide bonds.